The smallest absolute Gasteiger partial charge is 0.124 e. The van der Waals surface area contributed by atoms with E-state index >= 15 is 0 Å². The van der Waals surface area contributed by atoms with Gasteiger partial charge in [-0.15, -0.1) is 0 Å². The molecule has 0 aliphatic carbocycles. The van der Waals surface area contributed by atoms with E-state index in [1.165, 1.54) is 18.3 Å². The SMILES string of the molecule is CCCNc1c(C#N)cnc2ccc(F)cc12. The number of hydrogen-bond donors (Lipinski definition) is 1. The van der Waals surface area contributed by atoms with Crippen LogP contribution in [0.1, 0.15) is 18.9 Å². The quantitative estimate of drug-likeness (QED) is 0.879. The Labute approximate surface area is 98.9 Å². The summed E-state index contributed by atoms with van der Waals surface area (Å²) < 4.78 is 13.2. The highest BCUT2D eigenvalue weighted by Crippen LogP contribution is 2.26. The molecular formula is C13H12FN3. The molecule has 0 radical (unpaired) electrons. The van der Waals surface area contributed by atoms with Crippen LogP contribution in [0.5, 0.6) is 0 Å². The minimum absolute atomic E-state index is 0.325. The van der Waals surface area contributed by atoms with E-state index in [0.717, 1.165) is 13.0 Å². The van der Waals surface area contributed by atoms with Gasteiger partial charge in [-0.3, -0.25) is 4.98 Å². The number of rotatable bonds is 3. The molecule has 3 nitrogen and oxygen atoms in total. The lowest BCUT2D eigenvalue weighted by Crippen LogP contribution is -2.03. The number of fused-ring (bicyclic) bond motifs is 1. The van der Waals surface area contributed by atoms with E-state index in [2.05, 4.69) is 16.4 Å². The van der Waals surface area contributed by atoms with E-state index in [4.69, 9.17) is 5.26 Å². The summed E-state index contributed by atoms with van der Waals surface area (Å²) in [5.74, 6) is -0.325. The standard InChI is InChI=1S/C13H12FN3/c1-2-5-16-13-9(7-15)8-17-12-4-3-10(14)6-11(12)13/h3-4,6,8H,2,5H2,1H3,(H,16,17). The van der Waals surface area contributed by atoms with Crippen LogP contribution in [0.3, 0.4) is 0 Å². The summed E-state index contributed by atoms with van der Waals surface area (Å²) in [5, 5.41) is 12.8. The van der Waals surface area contributed by atoms with Crippen molar-refractivity contribution in [3.05, 3.63) is 35.8 Å². The minimum atomic E-state index is -0.325. The zero-order valence-electron chi connectivity index (χ0n) is 9.50. The molecule has 0 fully saturated rings. The van der Waals surface area contributed by atoms with Crippen molar-refractivity contribution in [2.45, 2.75) is 13.3 Å². The van der Waals surface area contributed by atoms with Crippen LogP contribution >= 0.6 is 0 Å². The first-order valence-corrected chi connectivity index (χ1v) is 5.48. The highest BCUT2D eigenvalue weighted by atomic mass is 19.1. The fraction of sp³-hybridized carbons (Fsp3) is 0.231. The summed E-state index contributed by atoms with van der Waals surface area (Å²) >= 11 is 0. The maximum absolute atomic E-state index is 13.2. The summed E-state index contributed by atoms with van der Waals surface area (Å²) in [6, 6.07) is 6.45. The van der Waals surface area contributed by atoms with Crippen molar-refractivity contribution in [2.75, 3.05) is 11.9 Å². The molecule has 1 aromatic carbocycles. The van der Waals surface area contributed by atoms with E-state index in [0.29, 0.717) is 22.2 Å². The number of benzene rings is 1. The molecule has 2 aromatic rings. The molecule has 0 bridgehead atoms. The van der Waals surface area contributed by atoms with Crippen molar-refractivity contribution in [2.24, 2.45) is 0 Å². The number of nitrogens with one attached hydrogen (secondary N) is 1. The number of nitrogens with zero attached hydrogens (tertiary/aromatic N) is 2. The second-order valence-corrected chi connectivity index (χ2v) is 3.75. The highest BCUT2D eigenvalue weighted by molar-refractivity contribution is 5.93. The molecule has 0 saturated carbocycles. The zero-order valence-corrected chi connectivity index (χ0v) is 9.50. The average Bonchev–Trinajstić information content (AvgIpc) is 2.35. The lowest BCUT2D eigenvalue weighted by Gasteiger charge is -2.10. The molecule has 1 aromatic heterocycles. The molecule has 0 saturated heterocycles. The van der Waals surface area contributed by atoms with E-state index in [1.54, 1.807) is 6.07 Å². The van der Waals surface area contributed by atoms with Crippen LogP contribution in [-0.2, 0) is 0 Å². The second kappa shape index (κ2) is 4.79. The van der Waals surface area contributed by atoms with Crippen molar-refractivity contribution in [1.29, 1.82) is 5.26 Å². The van der Waals surface area contributed by atoms with Gasteiger partial charge >= 0.3 is 0 Å². The molecule has 0 atom stereocenters. The fourth-order valence-corrected chi connectivity index (χ4v) is 1.69. The normalized spacial score (nSPS) is 10.2. The molecule has 1 heterocycles. The minimum Gasteiger partial charge on any atom is -0.383 e. The zero-order chi connectivity index (χ0) is 12.3. The summed E-state index contributed by atoms with van der Waals surface area (Å²) in [6.07, 6.45) is 2.45. The average molecular weight is 229 g/mol. The Morgan fingerprint density at radius 2 is 2.29 bits per heavy atom. The molecule has 0 amide bonds. The van der Waals surface area contributed by atoms with Crippen LogP contribution in [0.2, 0.25) is 0 Å². The Bertz CT molecular complexity index is 587. The van der Waals surface area contributed by atoms with E-state index in [-0.39, 0.29) is 5.82 Å². The molecular weight excluding hydrogens is 217 g/mol. The van der Waals surface area contributed by atoms with Gasteiger partial charge in [0.05, 0.1) is 16.8 Å². The molecule has 1 N–H and O–H groups in total. The van der Waals surface area contributed by atoms with Gasteiger partial charge in [-0.25, -0.2) is 4.39 Å². The van der Waals surface area contributed by atoms with Crippen LogP contribution < -0.4 is 5.32 Å². The number of pyridine rings is 1. The molecule has 0 unspecified atom stereocenters. The Balaban J connectivity index is 2.64. The predicted octanol–water partition coefficient (Wildman–Crippen LogP) is 3.07. The van der Waals surface area contributed by atoms with Crippen molar-refractivity contribution in [1.82, 2.24) is 4.98 Å². The lowest BCUT2D eigenvalue weighted by atomic mass is 10.1. The number of aromatic nitrogens is 1. The fourth-order valence-electron chi connectivity index (χ4n) is 1.69. The van der Waals surface area contributed by atoms with Crippen LogP contribution in [0.4, 0.5) is 10.1 Å². The van der Waals surface area contributed by atoms with Crippen LogP contribution in [-0.4, -0.2) is 11.5 Å². The first-order chi connectivity index (χ1) is 8.26. The third-order valence-electron chi connectivity index (χ3n) is 2.50. The topological polar surface area (TPSA) is 48.7 Å². The van der Waals surface area contributed by atoms with Crippen molar-refractivity contribution in [3.63, 3.8) is 0 Å². The van der Waals surface area contributed by atoms with E-state index < -0.39 is 0 Å². The Morgan fingerprint density at radius 1 is 1.47 bits per heavy atom. The number of nitriles is 1. The summed E-state index contributed by atoms with van der Waals surface area (Å²) in [6.45, 7) is 2.77. The molecule has 4 heteroatoms. The molecule has 0 spiro atoms. The molecule has 0 aliphatic rings. The van der Waals surface area contributed by atoms with Gasteiger partial charge in [-0.1, -0.05) is 6.92 Å². The van der Waals surface area contributed by atoms with Crippen molar-refractivity contribution < 1.29 is 4.39 Å². The summed E-state index contributed by atoms with van der Waals surface area (Å²) in [5.41, 5.74) is 1.79. The molecule has 17 heavy (non-hydrogen) atoms. The third-order valence-corrected chi connectivity index (χ3v) is 2.50. The third kappa shape index (κ3) is 2.18. The second-order valence-electron chi connectivity index (χ2n) is 3.75. The van der Waals surface area contributed by atoms with Gasteiger partial charge in [0.25, 0.3) is 0 Å². The summed E-state index contributed by atoms with van der Waals surface area (Å²) in [4.78, 5) is 4.13. The number of anilines is 1. The van der Waals surface area contributed by atoms with Crippen molar-refractivity contribution >= 4 is 16.6 Å². The Hall–Kier alpha value is -2.15. The molecule has 86 valence electrons. The van der Waals surface area contributed by atoms with Crippen LogP contribution in [0, 0.1) is 17.1 Å². The van der Waals surface area contributed by atoms with Gasteiger partial charge in [-0.05, 0) is 24.6 Å². The Kier molecular flexibility index (Phi) is 3.20. The number of halogens is 1. The van der Waals surface area contributed by atoms with Gasteiger partial charge < -0.3 is 5.32 Å². The number of hydrogen-bond acceptors (Lipinski definition) is 3. The van der Waals surface area contributed by atoms with Gasteiger partial charge in [-0.2, -0.15) is 5.26 Å². The monoisotopic (exact) mass is 229 g/mol. The molecule has 0 aliphatic heterocycles. The first kappa shape index (κ1) is 11.3. The predicted molar refractivity (Wildman–Crippen MR) is 65.2 cm³/mol. The molecule has 2 rings (SSSR count). The van der Waals surface area contributed by atoms with E-state index in [1.807, 2.05) is 6.92 Å². The Morgan fingerprint density at radius 3 is 3.00 bits per heavy atom. The van der Waals surface area contributed by atoms with E-state index in [9.17, 15) is 4.39 Å². The van der Waals surface area contributed by atoms with Gasteiger partial charge in [0.2, 0.25) is 0 Å². The maximum Gasteiger partial charge on any atom is 0.124 e. The summed E-state index contributed by atoms with van der Waals surface area (Å²) in [7, 11) is 0. The first-order valence-electron chi connectivity index (χ1n) is 5.48. The van der Waals surface area contributed by atoms with Gasteiger partial charge in [0.1, 0.15) is 11.9 Å². The maximum atomic E-state index is 13.2. The highest BCUT2D eigenvalue weighted by Gasteiger charge is 2.08. The van der Waals surface area contributed by atoms with Crippen LogP contribution in [0.15, 0.2) is 24.4 Å². The largest absolute Gasteiger partial charge is 0.383 e. The lowest BCUT2D eigenvalue weighted by molar-refractivity contribution is 0.629. The van der Waals surface area contributed by atoms with Crippen molar-refractivity contribution in [3.8, 4) is 6.07 Å². The van der Waals surface area contributed by atoms with Gasteiger partial charge in [0, 0.05) is 18.1 Å². The van der Waals surface area contributed by atoms with Gasteiger partial charge in [0.15, 0.2) is 0 Å². The van der Waals surface area contributed by atoms with Crippen LogP contribution in [0.25, 0.3) is 10.9 Å².